The minimum absolute atomic E-state index is 0. The molecule has 2 rings (SSSR count). The van der Waals surface area contributed by atoms with Crippen LogP contribution in [0.15, 0.2) is 70.5 Å². The maximum atomic E-state index is 9.08. The molecule has 0 saturated heterocycles. The van der Waals surface area contributed by atoms with Crippen molar-refractivity contribution in [2.75, 3.05) is 6.26 Å². The van der Waals surface area contributed by atoms with Crippen LogP contribution in [0.3, 0.4) is 0 Å². The molecule has 0 saturated carbocycles. The Bertz CT molecular complexity index is 511. The van der Waals surface area contributed by atoms with Gasteiger partial charge >= 0.3 is 0 Å². The summed E-state index contributed by atoms with van der Waals surface area (Å²) in [5.41, 5.74) is 0. The Kier molecular flexibility index (Phi) is 9.07. The minimum Gasteiger partial charge on any atom is -0.748 e. The van der Waals surface area contributed by atoms with Crippen molar-refractivity contribution in [2.24, 2.45) is 0 Å². The number of rotatable bonds is 2. The first-order valence-corrected chi connectivity index (χ1v) is 7.77. The predicted octanol–water partition coefficient (Wildman–Crippen LogP) is -0.532. The fourth-order valence-corrected chi connectivity index (χ4v) is 1.97. The van der Waals surface area contributed by atoms with E-state index in [0.717, 1.165) is 0 Å². The Morgan fingerprint density at radius 1 is 0.842 bits per heavy atom. The summed E-state index contributed by atoms with van der Waals surface area (Å²) >= 11 is 1.79. The highest BCUT2D eigenvalue weighted by Gasteiger charge is 1.93. The van der Waals surface area contributed by atoms with E-state index in [9.17, 15) is 0 Å². The van der Waals surface area contributed by atoms with E-state index in [1.54, 1.807) is 11.8 Å². The van der Waals surface area contributed by atoms with Gasteiger partial charge in [-0.3, -0.25) is 0 Å². The van der Waals surface area contributed by atoms with Gasteiger partial charge in [-0.15, -0.1) is 0 Å². The molecule has 19 heavy (non-hydrogen) atoms. The summed E-state index contributed by atoms with van der Waals surface area (Å²) in [6.45, 7) is 0. The largest absolute Gasteiger partial charge is 0.748 e. The maximum Gasteiger partial charge on any atom is 0.235 e. The van der Waals surface area contributed by atoms with Gasteiger partial charge < -0.3 is 4.55 Å². The van der Waals surface area contributed by atoms with Crippen LogP contribution < -0.4 is 24.0 Å². The molecule has 0 amide bonds. The van der Waals surface area contributed by atoms with Crippen LogP contribution in [-0.2, 0) is 10.1 Å². The third-order valence-corrected chi connectivity index (χ3v) is 2.74. The number of hydrogen-bond donors (Lipinski definition) is 0. The Labute approximate surface area is 135 Å². The fourth-order valence-electron chi connectivity index (χ4n) is 1.11. The molecule has 0 N–H and O–H groups in total. The lowest BCUT2D eigenvalue weighted by molar-refractivity contribution is -0.00000805. The summed E-state index contributed by atoms with van der Waals surface area (Å²) in [5, 5.41) is 0. The molecule has 0 aliphatic rings. The van der Waals surface area contributed by atoms with Gasteiger partial charge in [0.15, 0.2) is 0 Å². The summed E-state index contributed by atoms with van der Waals surface area (Å²) in [4.78, 5) is 2.57. The molecule has 2 aromatic carbocycles. The molecule has 0 bridgehead atoms. The molecule has 0 aromatic heterocycles. The molecular weight excluding hydrogens is 395 g/mol. The van der Waals surface area contributed by atoms with Gasteiger partial charge in [-0.1, -0.05) is 48.2 Å². The summed E-state index contributed by atoms with van der Waals surface area (Å²) in [6, 6.07) is 20.8. The Morgan fingerprint density at radius 3 is 1.37 bits per heavy atom. The van der Waals surface area contributed by atoms with Crippen LogP contribution in [0, 0.1) is 0 Å². The summed E-state index contributed by atoms with van der Waals surface area (Å²) < 4.78 is 27.2. The van der Waals surface area contributed by atoms with Crippen molar-refractivity contribution < 1.29 is 36.9 Å². The molecular formula is C13H15IO3S2. The van der Waals surface area contributed by atoms with Gasteiger partial charge in [-0.25, -0.2) is 8.42 Å². The zero-order valence-corrected chi connectivity index (χ0v) is 14.4. The van der Waals surface area contributed by atoms with E-state index in [1.807, 2.05) is 12.1 Å². The predicted molar refractivity (Wildman–Crippen MR) is 75.4 cm³/mol. The van der Waals surface area contributed by atoms with Crippen molar-refractivity contribution in [1.82, 2.24) is 0 Å². The third kappa shape index (κ3) is 11.0. The van der Waals surface area contributed by atoms with Gasteiger partial charge in [-0.2, -0.15) is 0 Å². The lowest BCUT2D eigenvalue weighted by atomic mass is 10.4. The molecule has 0 spiro atoms. The molecule has 2 aromatic rings. The average molecular weight is 410 g/mol. The summed E-state index contributed by atoms with van der Waals surface area (Å²) in [5.74, 6) is 0. The van der Waals surface area contributed by atoms with E-state index in [4.69, 9.17) is 13.0 Å². The normalized spacial score (nSPS) is 9.79. The Hall–Kier alpha value is -0.570. The molecule has 0 aliphatic heterocycles. The molecule has 0 unspecified atom stereocenters. The summed E-state index contributed by atoms with van der Waals surface area (Å²) in [7, 11) is -3.92. The van der Waals surface area contributed by atoms with Crippen molar-refractivity contribution in [3.63, 3.8) is 0 Å². The van der Waals surface area contributed by atoms with E-state index in [2.05, 4.69) is 48.5 Å². The van der Waals surface area contributed by atoms with Crippen molar-refractivity contribution in [3.8, 4) is 0 Å². The van der Waals surface area contributed by atoms with E-state index < -0.39 is 10.1 Å². The van der Waals surface area contributed by atoms with Crippen LogP contribution in [0.1, 0.15) is 0 Å². The first-order valence-electron chi connectivity index (χ1n) is 5.14. The Morgan fingerprint density at radius 2 is 1.11 bits per heavy atom. The van der Waals surface area contributed by atoms with Crippen molar-refractivity contribution in [2.45, 2.75) is 9.79 Å². The van der Waals surface area contributed by atoms with Crippen molar-refractivity contribution in [1.29, 1.82) is 0 Å². The quantitative estimate of drug-likeness (QED) is 0.494. The highest BCUT2D eigenvalue weighted by Crippen LogP contribution is 2.26. The van der Waals surface area contributed by atoms with Gasteiger partial charge in [-0.05, 0) is 24.3 Å². The second kappa shape index (κ2) is 9.35. The molecule has 0 aliphatic carbocycles. The number of benzene rings is 2. The van der Waals surface area contributed by atoms with Crippen LogP contribution >= 0.6 is 11.8 Å². The first kappa shape index (κ1) is 18.4. The van der Waals surface area contributed by atoms with E-state index in [-0.39, 0.29) is 24.0 Å². The van der Waals surface area contributed by atoms with E-state index >= 15 is 0 Å². The first-order chi connectivity index (χ1) is 8.45. The number of hydrogen-bond acceptors (Lipinski definition) is 4. The second-order valence-corrected chi connectivity index (χ2v) is 5.99. The molecule has 6 heteroatoms. The molecule has 3 nitrogen and oxygen atoms in total. The maximum absolute atomic E-state index is 9.08. The molecule has 104 valence electrons. The highest BCUT2D eigenvalue weighted by atomic mass is 127. The van der Waals surface area contributed by atoms with Crippen LogP contribution in [-0.4, -0.2) is 19.2 Å². The van der Waals surface area contributed by atoms with Crippen LogP contribution in [0.5, 0.6) is 0 Å². The smallest absolute Gasteiger partial charge is 0.235 e. The van der Waals surface area contributed by atoms with E-state index in [1.165, 1.54) is 9.79 Å². The molecule has 0 radical (unpaired) electrons. The molecule has 0 heterocycles. The van der Waals surface area contributed by atoms with Crippen molar-refractivity contribution in [3.05, 3.63) is 60.7 Å². The van der Waals surface area contributed by atoms with Gasteiger partial charge in [0.2, 0.25) is 24.0 Å². The van der Waals surface area contributed by atoms with Crippen LogP contribution in [0.2, 0.25) is 0 Å². The lowest BCUT2D eigenvalue weighted by Crippen LogP contribution is -3.00. The van der Waals surface area contributed by atoms with Gasteiger partial charge in [0.05, 0.1) is 10.1 Å². The minimum atomic E-state index is -3.92. The topological polar surface area (TPSA) is 57.2 Å². The van der Waals surface area contributed by atoms with Crippen molar-refractivity contribution >= 4 is 21.9 Å². The van der Waals surface area contributed by atoms with Gasteiger partial charge in [0, 0.05) is 16.0 Å². The highest BCUT2D eigenvalue weighted by molar-refractivity contribution is 7.99. The standard InChI is InChI=1S/C12H10S.CH4O3S.H2I/c1-3-7-11(8-4-1)13-12-9-5-2-6-10-12;1-5(2,3)4;/h1-10H;1H3,(H,2,3,4);1H2/q;;+1/p-1. The molecule has 0 atom stereocenters. The van der Waals surface area contributed by atoms with Gasteiger partial charge in [0.25, 0.3) is 0 Å². The lowest BCUT2D eigenvalue weighted by Gasteiger charge is -1.99. The number of halogens is 1. The summed E-state index contributed by atoms with van der Waals surface area (Å²) in [6.07, 6.45) is 0.604. The second-order valence-electron chi connectivity index (χ2n) is 3.43. The average Bonchev–Trinajstić information content (AvgIpc) is 2.29. The SMILES string of the molecule is CS(=O)(=O)[O-].[IH2+].c1ccc(Sc2ccccc2)cc1. The third-order valence-electron chi connectivity index (χ3n) is 1.72. The van der Waals surface area contributed by atoms with Crippen LogP contribution in [0.25, 0.3) is 0 Å². The van der Waals surface area contributed by atoms with Crippen LogP contribution in [0.4, 0.5) is 0 Å². The Balaban J connectivity index is 0.000000471. The monoisotopic (exact) mass is 410 g/mol. The van der Waals surface area contributed by atoms with E-state index in [0.29, 0.717) is 6.26 Å². The molecule has 0 fully saturated rings. The zero-order chi connectivity index (χ0) is 13.4. The zero-order valence-electron chi connectivity index (χ0n) is 10.3. The fraction of sp³-hybridized carbons (Fsp3) is 0.0769. The van der Waals surface area contributed by atoms with Gasteiger partial charge in [0.1, 0.15) is 0 Å².